The topological polar surface area (TPSA) is 73.6 Å². The summed E-state index contributed by atoms with van der Waals surface area (Å²) in [7, 11) is 1.65. The minimum absolute atomic E-state index is 0.00773. The van der Waals surface area contributed by atoms with Gasteiger partial charge in [-0.2, -0.15) is 0 Å². The van der Waals surface area contributed by atoms with Crippen LogP contribution in [0.5, 0.6) is 0 Å². The zero-order chi connectivity index (χ0) is 15.3. The Hall–Kier alpha value is -1.43. The van der Waals surface area contributed by atoms with Crippen molar-refractivity contribution in [3.63, 3.8) is 0 Å². The molecule has 0 saturated heterocycles. The third-order valence-electron chi connectivity index (χ3n) is 3.10. The van der Waals surface area contributed by atoms with Crippen molar-refractivity contribution in [3.8, 4) is 0 Å². The summed E-state index contributed by atoms with van der Waals surface area (Å²) >= 11 is 0. The average Bonchev–Trinajstić information content (AvgIpc) is 2.50. The summed E-state index contributed by atoms with van der Waals surface area (Å²) in [6.07, 6.45) is 2.14. The Morgan fingerprint density at radius 3 is 2.67 bits per heavy atom. The van der Waals surface area contributed by atoms with E-state index in [2.05, 4.69) is 5.32 Å². The van der Waals surface area contributed by atoms with Gasteiger partial charge in [-0.3, -0.25) is 4.79 Å². The van der Waals surface area contributed by atoms with Gasteiger partial charge in [-0.15, -0.1) is 0 Å². The van der Waals surface area contributed by atoms with Crippen molar-refractivity contribution in [2.75, 3.05) is 33.5 Å². The Labute approximate surface area is 126 Å². The monoisotopic (exact) mass is 294 g/mol. The number of ether oxygens (including phenoxy) is 2. The summed E-state index contributed by atoms with van der Waals surface area (Å²) in [5, 5.41) is 2.89. The Bertz CT molecular complexity index is 384. The predicted octanol–water partition coefficient (Wildman–Crippen LogP) is 1.64. The highest BCUT2D eigenvalue weighted by Crippen LogP contribution is 2.12. The molecular weight excluding hydrogens is 268 g/mol. The maximum Gasteiger partial charge on any atom is 0.221 e. The molecule has 0 spiro atoms. The van der Waals surface area contributed by atoms with Crippen LogP contribution in [0.1, 0.15) is 30.9 Å². The molecule has 1 aromatic rings. The lowest BCUT2D eigenvalue weighted by atomic mass is 10.0. The minimum Gasteiger partial charge on any atom is -0.382 e. The molecule has 0 bridgehead atoms. The van der Waals surface area contributed by atoms with Gasteiger partial charge in [0, 0.05) is 32.7 Å². The smallest absolute Gasteiger partial charge is 0.221 e. The molecule has 0 heterocycles. The zero-order valence-corrected chi connectivity index (χ0v) is 12.7. The SMILES string of the molecule is COCCOCCCCNC(=O)CC(N)c1ccccc1. The fraction of sp³-hybridized carbons (Fsp3) is 0.562. The number of hydrogen-bond donors (Lipinski definition) is 2. The van der Waals surface area contributed by atoms with Crippen LogP contribution >= 0.6 is 0 Å². The van der Waals surface area contributed by atoms with Crippen molar-refractivity contribution in [2.45, 2.75) is 25.3 Å². The molecule has 0 aromatic heterocycles. The van der Waals surface area contributed by atoms with Crippen LogP contribution in [0.15, 0.2) is 30.3 Å². The lowest BCUT2D eigenvalue weighted by molar-refractivity contribution is -0.121. The van der Waals surface area contributed by atoms with E-state index in [0.29, 0.717) is 32.8 Å². The molecule has 0 aliphatic heterocycles. The number of hydrogen-bond acceptors (Lipinski definition) is 4. The first-order valence-electron chi connectivity index (χ1n) is 7.38. The summed E-state index contributed by atoms with van der Waals surface area (Å²) < 4.78 is 10.2. The standard InChI is InChI=1S/C16H26N2O3/c1-20-11-12-21-10-6-5-9-18-16(19)13-15(17)14-7-3-2-4-8-14/h2-4,7-8,15H,5-6,9-13,17H2,1H3,(H,18,19). The lowest BCUT2D eigenvalue weighted by Crippen LogP contribution is -2.28. The van der Waals surface area contributed by atoms with Gasteiger partial charge in [-0.25, -0.2) is 0 Å². The molecule has 1 atom stereocenters. The van der Waals surface area contributed by atoms with Gasteiger partial charge in [0.15, 0.2) is 0 Å². The Morgan fingerprint density at radius 2 is 1.95 bits per heavy atom. The second-order valence-electron chi connectivity index (χ2n) is 4.88. The van der Waals surface area contributed by atoms with Crippen LogP contribution in [0.3, 0.4) is 0 Å². The highest BCUT2D eigenvalue weighted by molar-refractivity contribution is 5.76. The zero-order valence-electron chi connectivity index (χ0n) is 12.7. The largest absolute Gasteiger partial charge is 0.382 e. The van der Waals surface area contributed by atoms with Gasteiger partial charge < -0.3 is 20.5 Å². The number of unbranched alkanes of at least 4 members (excludes halogenated alkanes) is 1. The number of amides is 1. The van der Waals surface area contributed by atoms with Gasteiger partial charge in [-0.1, -0.05) is 30.3 Å². The normalized spacial score (nSPS) is 12.1. The first kappa shape index (κ1) is 17.6. The molecule has 5 nitrogen and oxygen atoms in total. The molecule has 0 radical (unpaired) electrons. The Morgan fingerprint density at radius 1 is 1.19 bits per heavy atom. The number of carbonyl (C=O) groups excluding carboxylic acids is 1. The van der Waals surface area contributed by atoms with Crippen molar-refractivity contribution < 1.29 is 14.3 Å². The molecule has 1 rings (SSSR count). The van der Waals surface area contributed by atoms with Crippen LogP contribution in [0.25, 0.3) is 0 Å². The van der Waals surface area contributed by atoms with Crippen molar-refractivity contribution in [1.29, 1.82) is 0 Å². The second kappa shape index (κ2) is 11.3. The van der Waals surface area contributed by atoms with E-state index in [0.717, 1.165) is 18.4 Å². The van der Waals surface area contributed by atoms with Gasteiger partial charge in [-0.05, 0) is 18.4 Å². The van der Waals surface area contributed by atoms with E-state index >= 15 is 0 Å². The van der Waals surface area contributed by atoms with Gasteiger partial charge in [0.1, 0.15) is 0 Å². The number of carbonyl (C=O) groups is 1. The third-order valence-corrected chi connectivity index (χ3v) is 3.10. The summed E-state index contributed by atoms with van der Waals surface area (Å²) in [6.45, 7) is 2.60. The number of rotatable bonds is 11. The van der Waals surface area contributed by atoms with Gasteiger partial charge >= 0.3 is 0 Å². The van der Waals surface area contributed by atoms with E-state index in [1.54, 1.807) is 7.11 Å². The van der Waals surface area contributed by atoms with Crippen molar-refractivity contribution in [3.05, 3.63) is 35.9 Å². The van der Waals surface area contributed by atoms with Gasteiger partial charge in [0.2, 0.25) is 5.91 Å². The van der Waals surface area contributed by atoms with Crippen molar-refractivity contribution in [1.82, 2.24) is 5.32 Å². The maximum absolute atomic E-state index is 11.8. The highest BCUT2D eigenvalue weighted by Gasteiger charge is 2.10. The molecule has 118 valence electrons. The maximum atomic E-state index is 11.8. The van der Waals surface area contributed by atoms with Crippen LogP contribution in [-0.4, -0.2) is 39.4 Å². The Kier molecular flexibility index (Phi) is 9.44. The lowest BCUT2D eigenvalue weighted by Gasteiger charge is -2.12. The summed E-state index contributed by atoms with van der Waals surface area (Å²) in [4.78, 5) is 11.8. The molecule has 1 unspecified atom stereocenters. The highest BCUT2D eigenvalue weighted by atomic mass is 16.5. The van der Waals surface area contributed by atoms with Crippen LogP contribution < -0.4 is 11.1 Å². The van der Waals surface area contributed by atoms with Crippen LogP contribution in [0.4, 0.5) is 0 Å². The van der Waals surface area contributed by atoms with Gasteiger partial charge in [0.25, 0.3) is 0 Å². The van der Waals surface area contributed by atoms with E-state index in [4.69, 9.17) is 15.2 Å². The molecule has 0 saturated carbocycles. The van der Waals surface area contributed by atoms with Crippen LogP contribution in [0.2, 0.25) is 0 Å². The first-order chi connectivity index (χ1) is 10.2. The second-order valence-corrected chi connectivity index (χ2v) is 4.88. The average molecular weight is 294 g/mol. The quantitative estimate of drug-likeness (QED) is 0.608. The molecule has 1 amide bonds. The molecule has 1 aromatic carbocycles. The van der Waals surface area contributed by atoms with Crippen LogP contribution in [0, 0.1) is 0 Å². The Balaban J connectivity index is 2.04. The molecule has 5 heteroatoms. The predicted molar refractivity (Wildman–Crippen MR) is 82.9 cm³/mol. The molecule has 3 N–H and O–H groups in total. The third kappa shape index (κ3) is 8.45. The fourth-order valence-corrected chi connectivity index (χ4v) is 1.89. The summed E-state index contributed by atoms with van der Waals surface area (Å²) in [5.41, 5.74) is 6.99. The van der Waals surface area contributed by atoms with E-state index in [-0.39, 0.29) is 11.9 Å². The summed E-state index contributed by atoms with van der Waals surface area (Å²) in [5.74, 6) is -0.00773. The van der Waals surface area contributed by atoms with E-state index in [1.165, 1.54) is 0 Å². The molecule has 0 fully saturated rings. The fourth-order valence-electron chi connectivity index (χ4n) is 1.89. The van der Waals surface area contributed by atoms with Crippen molar-refractivity contribution >= 4 is 5.91 Å². The van der Waals surface area contributed by atoms with E-state index in [9.17, 15) is 4.79 Å². The molecule has 21 heavy (non-hydrogen) atoms. The number of nitrogens with one attached hydrogen (secondary N) is 1. The number of benzene rings is 1. The number of methoxy groups -OCH3 is 1. The van der Waals surface area contributed by atoms with Crippen molar-refractivity contribution in [2.24, 2.45) is 5.73 Å². The van der Waals surface area contributed by atoms with Gasteiger partial charge in [0.05, 0.1) is 13.2 Å². The molecular formula is C16H26N2O3. The van der Waals surface area contributed by atoms with E-state index in [1.807, 2.05) is 30.3 Å². The molecule has 0 aliphatic rings. The van der Waals surface area contributed by atoms with Crippen LogP contribution in [-0.2, 0) is 14.3 Å². The minimum atomic E-state index is -0.247. The van der Waals surface area contributed by atoms with E-state index < -0.39 is 0 Å². The first-order valence-corrected chi connectivity index (χ1v) is 7.38. The summed E-state index contributed by atoms with van der Waals surface area (Å²) in [6, 6.07) is 9.42. The molecule has 0 aliphatic carbocycles. The number of nitrogens with two attached hydrogens (primary N) is 1.